The van der Waals surface area contributed by atoms with Crippen LogP contribution < -0.4 is 10.6 Å². The number of carbonyl (C=O) groups excluding carboxylic acids is 2. The average molecular weight is 416 g/mol. The molecule has 3 rings (SSSR count). The second-order valence-corrected chi connectivity index (χ2v) is 7.12. The number of benzene rings is 3. The maximum Gasteiger partial charge on any atom is 0.320 e. The lowest BCUT2D eigenvalue weighted by molar-refractivity contribution is -0.139. The van der Waals surface area contributed by atoms with Gasteiger partial charge in [0.1, 0.15) is 6.04 Å². The van der Waals surface area contributed by atoms with Gasteiger partial charge < -0.3 is 10.4 Å². The molecule has 1 atom stereocenters. The molecule has 0 saturated heterocycles. The first-order valence-electron chi connectivity index (χ1n) is 10.0. The summed E-state index contributed by atoms with van der Waals surface area (Å²) in [4.78, 5) is 36.0. The van der Waals surface area contributed by atoms with Crippen molar-refractivity contribution in [2.45, 2.75) is 25.4 Å². The average Bonchev–Trinajstić information content (AvgIpc) is 2.80. The third-order valence-corrected chi connectivity index (χ3v) is 4.86. The third-order valence-electron chi connectivity index (χ3n) is 4.86. The van der Waals surface area contributed by atoms with E-state index in [2.05, 4.69) is 10.6 Å². The summed E-state index contributed by atoms with van der Waals surface area (Å²) in [7, 11) is 0. The van der Waals surface area contributed by atoms with Gasteiger partial charge in [-0.05, 0) is 35.2 Å². The summed E-state index contributed by atoms with van der Waals surface area (Å²) >= 11 is 0. The van der Waals surface area contributed by atoms with Crippen molar-refractivity contribution in [2.24, 2.45) is 0 Å². The van der Waals surface area contributed by atoms with Crippen LogP contribution in [-0.4, -0.2) is 28.9 Å². The molecule has 3 N–H and O–H groups in total. The van der Waals surface area contributed by atoms with Gasteiger partial charge in [-0.3, -0.25) is 19.7 Å². The number of rotatable bonds is 9. The number of nitrogens with one attached hydrogen (secondary N) is 2. The Morgan fingerprint density at radius 1 is 0.774 bits per heavy atom. The van der Waals surface area contributed by atoms with Crippen LogP contribution in [0.4, 0.5) is 0 Å². The van der Waals surface area contributed by atoms with Crippen LogP contribution in [0.15, 0.2) is 84.9 Å². The number of hydrogen-bond acceptors (Lipinski definition) is 4. The highest BCUT2D eigenvalue weighted by Gasteiger charge is 2.19. The highest BCUT2D eigenvalue weighted by Crippen LogP contribution is 2.19. The number of imide groups is 1. The molecule has 3 aromatic rings. The lowest BCUT2D eigenvalue weighted by Gasteiger charge is -2.14. The lowest BCUT2D eigenvalue weighted by atomic mass is 10.0. The number of carboxylic acids is 1. The molecule has 31 heavy (non-hydrogen) atoms. The van der Waals surface area contributed by atoms with Crippen LogP contribution >= 0.6 is 0 Å². The molecular formula is C25H24N2O4. The van der Waals surface area contributed by atoms with Crippen molar-refractivity contribution >= 4 is 17.8 Å². The number of carboxylic acid groups (broad SMARTS) is 1. The van der Waals surface area contributed by atoms with E-state index >= 15 is 0 Å². The van der Waals surface area contributed by atoms with Crippen molar-refractivity contribution in [1.82, 2.24) is 10.6 Å². The largest absolute Gasteiger partial charge is 0.480 e. The highest BCUT2D eigenvalue weighted by molar-refractivity contribution is 6.04. The van der Waals surface area contributed by atoms with Crippen molar-refractivity contribution in [3.63, 3.8) is 0 Å². The lowest BCUT2D eigenvalue weighted by Crippen LogP contribution is -2.38. The first-order chi connectivity index (χ1) is 15.0. The minimum Gasteiger partial charge on any atom is -0.480 e. The Morgan fingerprint density at radius 3 is 1.97 bits per heavy atom. The predicted octanol–water partition coefficient (Wildman–Crippen LogP) is 3.63. The molecule has 0 bridgehead atoms. The molecule has 0 aliphatic heterocycles. The summed E-state index contributed by atoms with van der Waals surface area (Å²) < 4.78 is 0. The Labute approximate surface area is 180 Å². The molecule has 0 aromatic heterocycles. The molecule has 6 heteroatoms. The molecule has 0 fully saturated rings. The minimum absolute atomic E-state index is 0.0768. The fourth-order valence-corrected chi connectivity index (χ4v) is 3.13. The van der Waals surface area contributed by atoms with Crippen LogP contribution in [0.2, 0.25) is 0 Å². The topological polar surface area (TPSA) is 95.5 Å². The van der Waals surface area contributed by atoms with Gasteiger partial charge in [-0.1, -0.05) is 72.8 Å². The number of hydrogen-bond donors (Lipinski definition) is 3. The number of aliphatic carboxylic acids is 1. The zero-order valence-corrected chi connectivity index (χ0v) is 17.0. The summed E-state index contributed by atoms with van der Waals surface area (Å²) in [5.74, 6) is -2.05. The Hall–Kier alpha value is -3.77. The molecule has 158 valence electrons. The first-order valence-corrected chi connectivity index (χ1v) is 10.0. The normalized spacial score (nSPS) is 11.5. The van der Waals surface area contributed by atoms with Crippen molar-refractivity contribution in [2.75, 3.05) is 0 Å². The standard InChI is InChI=1S/C25H24N2O4/c28-23(16-15-22(25(30)31)26-17-18-7-3-1-4-8-18)27-24(29)21-13-11-20(12-14-21)19-9-5-2-6-10-19/h1-14,22,26H,15-17H2,(H,30,31)(H,27,28,29)/t22-/m0/s1. The Kier molecular flexibility index (Phi) is 7.67. The minimum atomic E-state index is -1.04. The van der Waals surface area contributed by atoms with Crippen molar-refractivity contribution < 1.29 is 19.5 Å². The monoisotopic (exact) mass is 416 g/mol. The summed E-state index contributed by atoms with van der Waals surface area (Å²) in [6.07, 6.45) is 0.000814. The number of carbonyl (C=O) groups is 3. The van der Waals surface area contributed by atoms with E-state index in [4.69, 9.17) is 0 Å². The molecule has 6 nitrogen and oxygen atoms in total. The highest BCUT2D eigenvalue weighted by atomic mass is 16.4. The maximum absolute atomic E-state index is 12.3. The number of amides is 2. The van der Waals surface area contributed by atoms with Crippen molar-refractivity contribution in [1.29, 1.82) is 0 Å². The van der Waals surface area contributed by atoms with E-state index in [0.29, 0.717) is 12.1 Å². The van der Waals surface area contributed by atoms with Gasteiger partial charge in [-0.25, -0.2) is 0 Å². The fraction of sp³-hybridized carbons (Fsp3) is 0.160. The van der Waals surface area contributed by atoms with E-state index in [1.807, 2.05) is 72.8 Å². The van der Waals surface area contributed by atoms with Crippen molar-refractivity contribution in [3.05, 3.63) is 96.1 Å². The molecule has 0 spiro atoms. The van der Waals surface area contributed by atoms with Gasteiger partial charge >= 0.3 is 5.97 Å². The van der Waals surface area contributed by atoms with Crippen LogP contribution in [0.25, 0.3) is 11.1 Å². The fourth-order valence-electron chi connectivity index (χ4n) is 3.13. The molecule has 2 amide bonds. The third kappa shape index (κ3) is 6.62. The predicted molar refractivity (Wildman–Crippen MR) is 118 cm³/mol. The molecule has 0 heterocycles. The Balaban J connectivity index is 1.49. The van der Waals surface area contributed by atoms with E-state index in [9.17, 15) is 19.5 Å². The van der Waals surface area contributed by atoms with Crippen LogP contribution in [0, 0.1) is 0 Å². The zero-order valence-electron chi connectivity index (χ0n) is 17.0. The van der Waals surface area contributed by atoms with Gasteiger partial charge in [-0.2, -0.15) is 0 Å². The van der Waals surface area contributed by atoms with Crippen molar-refractivity contribution in [3.8, 4) is 11.1 Å². The summed E-state index contributed by atoms with van der Waals surface area (Å²) in [5.41, 5.74) is 3.32. The van der Waals surface area contributed by atoms with Gasteiger partial charge in [-0.15, -0.1) is 0 Å². The summed E-state index contributed by atoms with van der Waals surface area (Å²) in [5, 5.41) is 14.6. The molecule has 3 aromatic carbocycles. The molecule has 0 aliphatic rings. The maximum atomic E-state index is 12.3. The van der Waals surface area contributed by atoms with Gasteiger partial charge in [0.05, 0.1) is 0 Å². The van der Waals surface area contributed by atoms with E-state index in [0.717, 1.165) is 16.7 Å². The molecule has 0 aliphatic carbocycles. The van der Waals surface area contributed by atoms with E-state index < -0.39 is 23.8 Å². The SMILES string of the molecule is O=C(CC[C@H](NCc1ccccc1)C(=O)O)NC(=O)c1ccc(-c2ccccc2)cc1. The van der Waals surface area contributed by atoms with Gasteiger partial charge in [0.15, 0.2) is 0 Å². The second kappa shape index (κ2) is 10.8. The Morgan fingerprint density at radius 2 is 1.35 bits per heavy atom. The molecular weight excluding hydrogens is 392 g/mol. The molecule has 0 radical (unpaired) electrons. The quantitative estimate of drug-likeness (QED) is 0.495. The molecule has 0 saturated carbocycles. The van der Waals surface area contributed by atoms with E-state index in [1.54, 1.807) is 12.1 Å². The van der Waals surface area contributed by atoms with Crippen LogP contribution in [0.1, 0.15) is 28.8 Å². The Bertz CT molecular complexity index is 1020. The van der Waals surface area contributed by atoms with Gasteiger partial charge in [0, 0.05) is 18.5 Å². The van der Waals surface area contributed by atoms with E-state index in [-0.39, 0.29) is 12.8 Å². The zero-order chi connectivity index (χ0) is 22.1. The van der Waals surface area contributed by atoms with Crippen LogP contribution in [0.3, 0.4) is 0 Å². The smallest absolute Gasteiger partial charge is 0.320 e. The van der Waals surface area contributed by atoms with Crippen LogP contribution in [-0.2, 0) is 16.1 Å². The summed E-state index contributed by atoms with van der Waals surface area (Å²) in [6.45, 7) is 0.381. The first kappa shape index (κ1) is 21.9. The second-order valence-electron chi connectivity index (χ2n) is 7.12. The molecule has 0 unspecified atom stereocenters. The van der Waals surface area contributed by atoms with Gasteiger partial charge in [0.25, 0.3) is 5.91 Å². The van der Waals surface area contributed by atoms with Crippen LogP contribution in [0.5, 0.6) is 0 Å². The van der Waals surface area contributed by atoms with Gasteiger partial charge in [0.2, 0.25) is 5.91 Å². The van der Waals surface area contributed by atoms with E-state index in [1.165, 1.54) is 0 Å². The summed E-state index contributed by atoms with van der Waals surface area (Å²) in [6, 6.07) is 25.2.